The van der Waals surface area contributed by atoms with Gasteiger partial charge in [0.25, 0.3) is 0 Å². The van der Waals surface area contributed by atoms with Crippen LogP contribution in [0.2, 0.25) is 0 Å². The minimum atomic E-state index is -0.412. The number of ether oxygens (including phenoxy) is 1. The molecule has 1 heterocycles. The Morgan fingerprint density at radius 2 is 1.74 bits per heavy atom. The lowest BCUT2D eigenvalue weighted by molar-refractivity contribution is -0.128. The molecule has 31 heavy (non-hydrogen) atoms. The standard InChI is InChI=1S/C27H34O4/c1-7-27(8-2,25-15-20-14-19(16-28)9-11-23(20)31-25)21-10-12-22(18(3)13-21)30-17-24(29)26(4,5)6/h9-15,28H,7-8,16-17H2,1-6H3. The van der Waals surface area contributed by atoms with Gasteiger partial charge in [0.2, 0.25) is 0 Å². The Morgan fingerprint density at radius 3 is 2.32 bits per heavy atom. The van der Waals surface area contributed by atoms with E-state index in [1.54, 1.807) is 0 Å². The van der Waals surface area contributed by atoms with Gasteiger partial charge in [-0.25, -0.2) is 0 Å². The maximum absolute atomic E-state index is 12.2. The fraction of sp³-hybridized carbons (Fsp3) is 0.444. The van der Waals surface area contributed by atoms with Crippen LogP contribution in [0.1, 0.15) is 69.9 Å². The number of rotatable bonds is 8. The van der Waals surface area contributed by atoms with E-state index in [-0.39, 0.29) is 24.4 Å². The Balaban J connectivity index is 1.95. The highest BCUT2D eigenvalue weighted by Crippen LogP contribution is 2.42. The molecule has 0 amide bonds. The van der Waals surface area contributed by atoms with E-state index in [0.717, 1.165) is 46.4 Å². The van der Waals surface area contributed by atoms with Gasteiger partial charge in [0.15, 0.2) is 5.78 Å². The van der Waals surface area contributed by atoms with Crippen molar-refractivity contribution in [2.24, 2.45) is 5.41 Å². The molecule has 0 saturated carbocycles. The largest absolute Gasteiger partial charge is 0.486 e. The van der Waals surface area contributed by atoms with Gasteiger partial charge in [0.1, 0.15) is 23.7 Å². The normalized spacial score (nSPS) is 12.4. The third kappa shape index (κ3) is 4.54. The van der Waals surface area contributed by atoms with Crippen molar-refractivity contribution >= 4 is 16.8 Å². The molecule has 3 aromatic rings. The van der Waals surface area contributed by atoms with Crippen molar-refractivity contribution in [2.75, 3.05) is 6.61 Å². The van der Waals surface area contributed by atoms with Crippen LogP contribution in [0.3, 0.4) is 0 Å². The van der Waals surface area contributed by atoms with Gasteiger partial charge in [-0.05, 0) is 60.7 Å². The quantitative estimate of drug-likeness (QED) is 0.460. The maximum Gasteiger partial charge on any atom is 0.175 e. The molecule has 3 rings (SSSR count). The first-order valence-electron chi connectivity index (χ1n) is 11.1. The molecule has 0 aliphatic heterocycles. The van der Waals surface area contributed by atoms with E-state index in [1.165, 1.54) is 5.56 Å². The van der Waals surface area contributed by atoms with E-state index in [0.29, 0.717) is 0 Å². The molecular formula is C27H34O4. The number of hydrogen-bond acceptors (Lipinski definition) is 4. The highest BCUT2D eigenvalue weighted by atomic mass is 16.5. The van der Waals surface area contributed by atoms with Crippen LogP contribution in [-0.2, 0) is 16.8 Å². The van der Waals surface area contributed by atoms with Crippen LogP contribution in [0.25, 0.3) is 11.0 Å². The molecule has 4 nitrogen and oxygen atoms in total. The zero-order chi connectivity index (χ0) is 22.8. The molecule has 0 spiro atoms. The molecule has 0 fully saturated rings. The molecule has 0 atom stereocenters. The number of furan rings is 1. The summed E-state index contributed by atoms with van der Waals surface area (Å²) in [7, 11) is 0. The molecule has 0 bridgehead atoms. The number of hydrogen-bond donors (Lipinski definition) is 1. The summed E-state index contributed by atoms with van der Waals surface area (Å²) in [4.78, 5) is 12.2. The smallest absolute Gasteiger partial charge is 0.175 e. The molecule has 0 unspecified atom stereocenters. The topological polar surface area (TPSA) is 59.7 Å². The number of Topliss-reactive ketones (excluding diaryl/α,β-unsaturated/α-hetero) is 1. The SMILES string of the molecule is CCC(CC)(c1ccc(OCC(=O)C(C)(C)C)c(C)c1)c1cc2cc(CO)ccc2o1. The lowest BCUT2D eigenvalue weighted by Gasteiger charge is -2.31. The molecule has 4 heteroatoms. The fourth-order valence-corrected chi connectivity index (χ4v) is 4.04. The van der Waals surface area contributed by atoms with Crippen molar-refractivity contribution in [1.82, 2.24) is 0 Å². The van der Waals surface area contributed by atoms with Crippen LogP contribution in [0.15, 0.2) is 46.9 Å². The Kier molecular flexibility index (Phi) is 6.61. The third-order valence-electron chi connectivity index (χ3n) is 6.36. The number of ketones is 1. The van der Waals surface area contributed by atoms with Crippen LogP contribution in [0, 0.1) is 12.3 Å². The second-order valence-electron chi connectivity index (χ2n) is 9.37. The Bertz CT molecular complexity index is 1060. The van der Waals surface area contributed by atoms with E-state index in [2.05, 4.69) is 32.0 Å². The van der Waals surface area contributed by atoms with Crippen molar-refractivity contribution in [3.63, 3.8) is 0 Å². The van der Waals surface area contributed by atoms with E-state index in [1.807, 2.05) is 52.0 Å². The summed E-state index contributed by atoms with van der Waals surface area (Å²) in [5.74, 6) is 1.75. The molecule has 166 valence electrons. The first-order valence-corrected chi connectivity index (χ1v) is 11.1. The molecule has 0 radical (unpaired) electrons. The molecular weight excluding hydrogens is 388 g/mol. The van der Waals surface area contributed by atoms with Gasteiger partial charge >= 0.3 is 0 Å². The van der Waals surface area contributed by atoms with Crippen LogP contribution in [0.5, 0.6) is 5.75 Å². The van der Waals surface area contributed by atoms with E-state index >= 15 is 0 Å². The van der Waals surface area contributed by atoms with Gasteiger partial charge in [0.05, 0.1) is 12.0 Å². The summed E-state index contributed by atoms with van der Waals surface area (Å²) < 4.78 is 12.1. The fourth-order valence-electron chi connectivity index (χ4n) is 4.04. The average molecular weight is 423 g/mol. The van der Waals surface area contributed by atoms with Crippen LogP contribution in [0.4, 0.5) is 0 Å². The number of aliphatic hydroxyl groups is 1. The van der Waals surface area contributed by atoms with Gasteiger partial charge < -0.3 is 14.3 Å². The van der Waals surface area contributed by atoms with E-state index in [4.69, 9.17) is 9.15 Å². The Labute approximate surface area is 185 Å². The summed E-state index contributed by atoms with van der Waals surface area (Å²) in [5.41, 5.74) is 3.21. The molecule has 0 aliphatic rings. The summed E-state index contributed by atoms with van der Waals surface area (Å²) >= 11 is 0. The average Bonchev–Trinajstić information content (AvgIpc) is 3.17. The zero-order valence-corrected chi connectivity index (χ0v) is 19.5. The number of aryl methyl sites for hydroxylation is 1. The molecule has 2 aromatic carbocycles. The van der Waals surface area contributed by atoms with E-state index < -0.39 is 5.41 Å². The van der Waals surface area contributed by atoms with Gasteiger partial charge in [0, 0.05) is 10.8 Å². The summed E-state index contributed by atoms with van der Waals surface area (Å²) in [6.45, 7) is 12.2. The number of carbonyl (C=O) groups is 1. The Morgan fingerprint density at radius 1 is 1.03 bits per heavy atom. The highest BCUT2D eigenvalue weighted by molar-refractivity contribution is 5.85. The minimum absolute atomic E-state index is 0.0154. The van der Waals surface area contributed by atoms with Crippen molar-refractivity contribution in [2.45, 2.75) is 66.4 Å². The van der Waals surface area contributed by atoms with Gasteiger partial charge in [-0.15, -0.1) is 0 Å². The lowest BCUT2D eigenvalue weighted by Crippen LogP contribution is -2.27. The predicted molar refractivity (Wildman–Crippen MR) is 125 cm³/mol. The second-order valence-corrected chi connectivity index (χ2v) is 9.37. The van der Waals surface area contributed by atoms with Crippen molar-refractivity contribution < 1.29 is 19.1 Å². The van der Waals surface area contributed by atoms with Crippen molar-refractivity contribution in [3.8, 4) is 5.75 Å². The predicted octanol–water partition coefficient (Wildman–Crippen LogP) is 6.33. The van der Waals surface area contributed by atoms with Gasteiger partial charge in [-0.3, -0.25) is 4.79 Å². The number of carbonyl (C=O) groups excluding carboxylic acids is 1. The zero-order valence-electron chi connectivity index (χ0n) is 19.5. The minimum Gasteiger partial charge on any atom is -0.486 e. The first-order chi connectivity index (χ1) is 14.6. The summed E-state index contributed by atoms with van der Waals surface area (Å²) in [5, 5.41) is 10.5. The van der Waals surface area contributed by atoms with Gasteiger partial charge in [-0.2, -0.15) is 0 Å². The molecule has 0 saturated heterocycles. The number of fused-ring (bicyclic) bond motifs is 1. The van der Waals surface area contributed by atoms with Crippen LogP contribution < -0.4 is 4.74 Å². The Hall–Kier alpha value is -2.59. The highest BCUT2D eigenvalue weighted by Gasteiger charge is 2.34. The second kappa shape index (κ2) is 8.88. The molecule has 1 aromatic heterocycles. The van der Waals surface area contributed by atoms with Gasteiger partial charge in [-0.1, -0.05) is 52.8 Å². The number of benzene rings is 2. The third-order valence-corrected chi connectivity index (χ3v) is 6.36. The number of aliphatic hydroxyl groups excluding tert-OH is 1. The monoisotopic (exact) mass is 422 g/mol. The van der Waals surface area contributed by atoms with Crippen molar-refractivity contribution in [3.05, 3.63) is 64.9 Å². The first kappa shape index (κ1) is 23.1. The van der Waals surface area contributed by atoms with Crippen LogP contribution >= 0.6 is 0 Å². The lowest BCUT2D eigenvalue weighted by atomic mass is 9.73. The summed E-state index contributed by atoms with van der Waals surface area (Å²) in [6, 6.07) is 14.1. The summed E-state index contributed by atoms with van der Waals surface area (Å²) in [6.07, 6.45) is 1.77. The molecule has 1 N–H and O–H groups in total. The van der Waals surface area contributed by atoms with Crippen LogP contribution in [-0.4, -0.2) is 17.5 Å². The molecule has 0 aliphatic carbocycles. The maximum atomic E-state index is 12.2. The van der Waals surface area contributed by atoms with E-state index in [9.17, 15) is 9.90 Å². The van der Waals surface area contributed by atoms with Crippen molar-refractivity contribution in [1.29, 1.82) is 0 Å².